The molecule has 3 aromatic carbocycles. The second kappa shape index (κ2) is 11.0. The molecule has 4 bridgehead atoms. The quantitative estimate of drug-likeness (QED) is 0.280. The van der Waals surface area contributed by atoms with Gasteiger partial charge in [-0.2, -0.15) is 9.97 Å². The number of piperazine rings is 1. The van der Waals surface area contributed by atoms with Gasteiger partial charge in [-0.3, -0.25) is 4.90 Å². The molecule has 0 aliphatic carbocycles. The van der Waals surface area contributed by atoms with Gasteiger partial charge >= 0.3 is 6.01 Å². The first-order chi connectivity index (χ1) is 21.4. The van der Waals surface area contributed by atoms with E-state index >= 15 is 8.78 Å². The van der Waals surface area contributed by atoms with Crippen LogP contribution >= 0.6 is 0 Å². The summed E-state index contributed by atoms with van der Waals surface area (Å²) < 4.78 is 58.7. The molecule has 8 nitrogen and oxygen atoms in total. The van der Waals surface area contributed by atoms with Gasteiger partial charge in [-0.1, -0.05) is 6.07 Å². The summed E-state index contributed by atoms with van der Waals surface area (Å²) >= 11 is 0. The van der Waals surface area contributed by atoms with Crippen LogP contribution in [0.4, 0.5) is 19.0 Å². The number of aromatic nitrogens is 2. The van der Waals surface area contributed by atoms with Gasteiger partial charge in [-0.15, -0.1) is 0 Å². The first-order valence-corrected chi connectivity index (χ1v) is 15.5. The number of hydrogen-bond acceptors (Lipinski definition) is 8. The van der Waals surface area contributed by atoms with Crippen LogP contribution < -0.4 is 15.0 Å². The third-order valence-corrected chi connectivity index (χ3v) is 9.71. The Hall–Kier alpha value is -3.67. The SMILES string of the molecule is Oc1cc(-c2cc(F)c3c(N4CC5CCC(C4)N5)nc(OCCCN4C5CCC4COC5)nc3c2F)c2cc(F)ccc2c1. The fourth-order valence-electron chi connectivity index (χ4n) is 7.68. The minimum atomic E-state index is -0.783. The average Bonchev–Trinajstić information content (AvgIpc) is 3.46. The van der Waals surface area contributed by atoms with Gasteiger partial charge in [0.25, 0.3) is 0 Å². The fraction of sp³-hybridized carbons (Fsp3) is 0.455. The van der Waals surface area contributed by atoms with E-state index in [1.54, 1.807) is 0 Å². The molecule has 0 spiro atoms. The largest absolute Gasteiger partial charge is 0.508 e. The third-order valence-electron chi connectivity index (χ3n) is 9.71. The van der Waals surface area contributed by atoms with Crippen LogP contribution in [-0.4, -0.2) is 83.6 Å². The summed E-state index contributed by atoms with van der Waals surface area (Å²) in [7, 11) is 0. The summed E-state index contributed by atoms with van der Waals surface area (Å²) in [4.78, 5) is 13.6. The van der Waals surface area contributed by atoms with Crippen LogP contribution in [0.3, 0.4) is 0 Å². The van der Waals surface area contributed by atoms with Crippen LogP contribution in [-0.2, 0) is 4.74 Å². The minimum absolute atomic E-state index is 0.00871. The van der Waals surface area contributed by atoms with E-state index in [2.05, 4.69) is 20.2 Å². The van der Waals surface area contributed by atoms with Crippen molar-refractivity contribution in [1.82, 2.24) is 20.2 Å². The predicted molar refractivity (Wildman–Crippen MR) is 161 cm³/mol. The highest BCUT2D eigenvalue weighted by atomic mass is 19.1. The Labute approximate surface area is 252 Å². The molecule has 44 heavy (non-hydrogen) atoms. The highest BCUT2D eigenvalue weighted by Gasteiger charge is 2.37. The van der Waals surface area contributed by atoms with E-state index in [4.69, 9.17) is 9.47 Å². The molecule has 0 amide bonds. The Morgan fingerprint density at radius 3 is 2.48 bits per heavy atom. The lowest BCUT2D eigenvalue weighted by Crippen LogP contribution is -2.51. The summed E-state index contributed by atoms with van der Waals surface area (Å²) in [6.45, 7) is 3.93. The lowest BCUT2D eigenvalue weighted by Gasteiger charge is -2.34. The maximum absolute atomic E-state index is 16.6. The molecule has 4 atom stereocenters. The van der Waals surface area contributed by atoms with Crippen LogP contribution in [0.25, 0.3) is 32.8 Å². The van der Waals surface area contributed by atoms with Gasteiger partial charge in [-0.05, 0) is 78.8 Å². The van der Waals surface area contributed by atoms with Crippen LogP contribution in [0, 0.1) is 17.5 Å². The molecule has 0 saturated carbocycles. The molecule has 4 unspecified atom stereocenters. The zero-order valence-electron chi connectivity index (χ0n) is 24.2. The Balaban J connectivity index is 1.18. The molecule has 1 aromatic heterocycles. The maximum Gasteiger partial charge on any atom is 0.319 e. The van der Waals surface area contributed by atoms with Crippen molar-refractivity contribution < 1.29 is 27.8 Å². The first-order valence-electron chi connectivity index (χ1n) is 15.5. The van der Waals surface area contributed by atoms with E-state index in [9.17, 15) is 9.50 Å². The number of fused-ring (bicyclic) bond motifs is 6. The molecular formula is C33H34F3N5O3. The number of halogens is 3. The van der Waals surface area contributed by atoms with Crippen molar-refractivity contribution in [3.8, 4) is 22.9 Å². The Morgan fingerprint density at radius 1 is 0.932 bits per heavy atom. The number of nitrogens with one attached hydrogen (secondary N) is 1. The van der Waals surface area contributed by atoms with Crippen molar-refractivity contribution in [2.75, 3.05) is 44.4 Å². The molecule has 4 saturated heterocycles. The fourth-order valence-corrected chi connectivity index (χ4v) is 7.68. The van der Waals surface area contributed by atoms with E-state index in [1.807, 2.05) is 4.90 Å². The van der Waals surface area contributed by atoms with Crippen molar-refractivity contribution in [3.63, 3.8) is 0 Å². The molecular weight excluding hydrogens is 571 g/mol. The molecule has 5 heterocycles. The number of hydrogen-bond donors (Lipinski definition) is 2. The monoisotopic (exact) mass is 605 g/mol. The smallest absolute Gasteiger partial charge is 0.319 e. The van der Waals surface area contributed by atoms with Crippen molar-refractivity contribution in [2.24, 2.45) is 0 Å². The zero-order valence-corrected chi connectivity index (χ0v) is 24.2. The molecule has 0 radical (unpaired) electrons. The van der Waals surface area contributed by atoms with Gasteiger partial charge in [0.1, 0.15) is 28.7 Å². The highest BCUT2D eigenvalue weighted by molar-refractivity contribution is 6.01. The number of rotatable bonds is 7. The number of anilines is 1. The lowest BCUT2D eigenvalue weighted by atomic mass is 9.96. The van der Waals surface area contributed by atoms with E-state index in [0.717, 1.165) is 57.9 Å². The second-order valence-electron chi connectivity index (χ2n) is 12.5. The molecule has 8 rings (SSSR count). The minimum Gasteiger partial charge on any atom is -0.508 e. The van der Waals surface area contributed by atoms with Crippen LogP contribution in [0.5, 0.6) is 11.8 Å². The molecule has 4 aliphatic rings. The number of phenolic OH excluding ortho intramolecular Hbond substituents is 1. The average molecular weight is 606 g/mol. The normalized spacial score (nSPS) is 24.9. The van der Waals surface area contributed by atoms with Gasteiger partial charge in [0.15, 0.2) is 5.82 Å². The predicted octanol–water partition coefficient (Wildman–Crippen LogP) is 5.15. The molecule has 2 N–H and O–H groups in total. The zero-order chi connectivity index (χ0) is 29.9. The van der Waals surface area contributed by atoms with Gasteiger partial charge in [0.2, 0.25) is 0 Å². The topological polar surface area (TPSA) is 83.0 Å². The molecule has 11 heteroatoms. The summed E-state index contributed by atoms with van der Waals surface area (Å²) in [6, 6.07) is 9.24. The number of phenols is 1. The Morgan fingerprint density at radius 2 is 1.70 bits per heavy atom. The molecule has 4 fully saturated rings. The second-order valence-corrected chi connectivity index (χ2v) is 12.5. The van der Waals surface area contributed by atoms with Gasteiger partial charge < -0.3 is 24.8 Å². The number of aromatic hydroxyl groups is 1. The number of ether oxygens (including phenoxy) is 2. The summed E-state index contributed by atoms with van der Waals surface area (Å²) in [5, 5.41) is 14.8. The standard InChI is InChI=1S/C33H34F3N5O3/c34-19-3-2-18-10-24(42)12-26(25(18)11-19)27-13-28(35)29-31(30(27)36)38-33(39-32(29)40-14-20-4-5-21(15-40)37-20)44-9-1-8-41-22-6-7-23(41)17-43-16-22/h2-3,10-13,20-23,37,42H,1,4-9,14-17H2. The number of morpholine rings is 1. The van der Waals surface area contributed by atoms with E-state index in [0.29, 0.717) is 48.4 Å². The lowest BCUT2D eigenvalue weighted by molar-refractivity contribution is -0.0161. The molecule has 230 valence electrons. The molecule has 4 aliphatic heterocycles. The van der Waals surface area contributed by atoms with Crippen LogP contribution in [0.2, 0.25) is 0 Å². The van der Waals surface area contributed by atoms with E-state index < -0.39 is 17.5 Å². The van der Waals surface area contributed by atoms with Gasteiger partial charge in [0, 0.05) is 49.4 Å². The van der Waals surface area contributed by atoms with Gasteiger partial charge in [-0.25, -0.2) is 13.2 Å². The van der Waals surface area contributed by atoms with Crippen molar-refractivity contribution in [2.45, 2.75) is 56.3 Å². The Bertz CT molecular complexity index is 1730. The number of nitrogens with zero attached hydrogens (tertiary/aromatic N) is 4. The van der Waals surface area contributed by atoms with Crippen molar-refractivity contribution >= 4 is 27.5 Å². The third kappa shape index (κ3) is 4.91. The Kier molecular flexibility index (Phi) is 6.99. The summed E-state index contributed by atoms with van der Waals surface area (Å²) in [5.74, 6) is -1.83. The van der Waals surface area contributed by atoms with Gasteiger partial charge in [0.05, 0.1) is 25.2 Å². The van der Waals surface area contributed by atoms with Crippen molar-refractivity contribution in [1.29, 1.82) is 0 Å². The molecule has 4 aromatic rings. The maximum atomic E-state index is 16.6. The summed E-state index contributed by atoms with van der Waals surface area (Å²) in [6.07, 6.45) is 5.05. The number of benzene rings is 3. The van der Waals surface area contributed by atoms with Crippen LogP contribution in [0.15, 0.2) is 36.4 Å². The van der Waals surface area contributed by atoms with E-state index in [-0.39, 0.29) is 45.9 Å². The van der Waals surface area contributed by atoms with Crippen LogP contribution in [0.1, 0.15) is 32.1 Å². The highest BCUT2D eigenvalue weighted by Crippen LogP contribution is 2.40. The van der Waals surface area contributed by atoms with E-state index in [1.165, 1.54) is 30.3 Å². The summed E-state index contributed by atoms with van der Waals surface area (Å²) in [5.41, 5.74) is -0.161. The first kappa shape index (κ1) is 27.8. The van der Waals surface area contributed by atoms with Crippen molar-refractivity contribution in [3.05, 3.63) is 53.8 Å².